The lowest BCUT2D eigenvalue weighted by Crippen LogP contribution is -1.87. The van der Waals surface area contributed by atoms with E-state index in [1.165, 1.54) is 25.1 Å². The van der Waals surface area contributed by atoms with Crippen LogP contribution in [0.5, 0.6) is 0 Å². The first-order valence-electron chi connectivity index (χ1n) is 3.43. The standard InChI is InChI=1S/C6H3Cl2NO2.C2H3N/c7-4-1-2-6(9(10)11)5(8)3-4;1-2-3/h1-3H;1H3. The van der Waals surface area contributed by atoms with Gasteiger partial charge in [0.1, 0.15) is 5.02 Å². The zero-order valence-electron chi connectivity index (χ0n) is 7.20. The van der Waals surface area contributed by atoms with Gasteiger partial charge in [-0.2, -0.15) is 5.26 Å². The van der Waals surface area contributed by atoms with Crippen molar-refractivity contribution in [3.8, 4) is 6.07 Å². The summed E-state index contributed by atoms with van der Waals surface area (Å²) in [6.07, 6.45) is 0. The lowest BCUT2D eigenvalue weighted by molar-refractivity contribution is -0.384. The minimum absolute atomic E-state index is 0.0579. The maximum absolute atomic E-state index is 10.2. The summed E-state index contributed by atoms with van der Waals surface area (Å²) < 4.78 is 0. The molecule has 1 aromatic rings. The highest BCUT2D eigenvalue weighted by molar-refractivity contribution is 6.35. The third-order valence-corrected chi connectivity index (χ3v) is 1.64. The van der Waals surface area contributed by atoms with E-state index in [-0.39, 0.29) is 10.7 Å². The average Bonchev–Trinajstić information content (AvgIpc) is 2.04. The number of nitriles is 1. The van der Waals surface area contributed by atoms with Crippen LogP contribution in [0.15, 0.2) is 18.2 Å². The summed E-state index contributed by atoms with van der Waals surface area (Å²) in [4.78, 5) is 9.65. The molecule has 0 aliphatic carbocycles. The molecule has 0 atom stereocenters. The number of halogens is 2. The van der Waals surface area contributed by atoms with Crippen molar-refractivity contribution in [2.75, 3.05) is 0 Å². The molecule has 0 aromatic heterocycles. The molecule has 74 valence electrons. The number of hydrogen-bond donors (Lipinski definition) is 0. The van der Waals surface area contributed by atoms with E-state index in [4.69, 9.17) is 28.5 Å². The van der Waals surface area contributed by atoms with Gasteiger partial charge in [-0.3, -0.25) is 10.1 Å². The largest absolute Gasteiger partial charge is 0.287 e. The summed E-state index contributed by atoms with van der Waals surface area (Å²) in [5.74, 6) is 0. The minimum atomic E-state index is -0.557. The highest BCUT2D eigenvalue weighted by Gasteiger charge is 2.10. The van der Waals surface area contributed by atoms with Gasteiger partial charge in [0.05, 0.1) is 11.0 Å². The molecule has 0 spiro atoms. The van der Waals surface area contributed by atoms with Crippen molar-refractivity contribution >= 4 is 28.9 Å². The second-order valence-electron chi connectivity index (χ2n) is 2.08. The first kappa shape index (κ1) is 12.7. The first-order valence-corrected chi connectivity index (χ1v) is 4.18. The lowest BCUT2D eigenvalue weighted by Gasteiger charge is -1.93. The summed E-state index contributed by atoms with van der Waals surface area (Å²) in [6, 6.07) is 5.78. The van der Waals surface area contributed by atoms with Crippen LogP contribution in [0.3, 0.4) is 0 Å². The Morgan fingerprint density at radius 3 is 2.36 bits per heavy atom. The van der Waals surface area contributed by atoms with E-state index in [1.807, 2.05) is 0 Å². The van der Waals surface area contributed by atoms with E-state index in [0.717, 1.165) is 0 Å². The molecule has 0 heterocycles. The van der Waals surface area contributed by atoms with Gasteiger partial charge < -0.3 is 0 Å². The van der Waals surface area contributed by atoms with Crippen LogP contribution >= 0.6 is 23.2 Å². The third-order valence-electron chi connectivity index (χ3n) is 1.11. The van der Waals surface area contributed by atoms with Gasteiger partial charge in [-0.05, 0) is 12.1 Å². The number of benzene rings is 1. The molecule has 0 fully saturated rings. The Kier molecular flexibility index (Phi) is 5.61. The molecule has 0 amide bonds. The van der Waals surface area contributed by atoms with Gasteiger partial charge in [0.15, 0.2) is 0 Å². The van der Waals surface area contributed by atoms with Crippen LogP contribution in [0.2, 0.25) is 10.0 Å². The SMILES string of the molecule is CC#N.O=[N+]([O-])c1ccc(Cl)cc1Cl. The van der Waals surface area contributed by atoms with Crippen LogP contribution in [0.1, 0.15) is 6.92 Å². The minimum Gasteiger partial charge on any atom is -0.258 e. The second-order valence-corrected chi connectivity index (χ2v) is 2.92. The highest BCUT2D eigenvalue weighted by Crippen LogP contribution is 2.26. The Morgan fingerprint density at radius 2 is 2.00 bits per heavy atom. The van der Waals surface area contributed by atoms with Gasteiger partial charge in [0, 0.05) is 18.0 Å². The molecule has 0 radical (unpaired) electrons. The Balaban J connectivity index is 0.000000500. The molecule has 0 saturated carbocycles. The van der Waals surface area contributed by atoms with Crippen molar-refractivity contribution in [1.29, 1.82) is 5.26 Å². The molecule has 0 aliphatic rings. The first-order chi connectivity index (χ1) is 6.52. The fraction of sp³-hybridized carbons (Fsp3) is 0.125. The van der Waals surface area contributed by atoms with Gasteiger partial charge >= 0.3 is 0 Å². The monoisotopic (exact) mass is 232 g/mol. The molecule has 0 aliphatic heterocycles. The van der Waals surface area contributed by atoms with E-state index < -0.39 is 4.92 Å². The predicted molar refractivity (Wildman–Crippen MR) is 54.4 cm³/mol. The average molecular weight is 233 g/mol. The van der Waals surface area contributed by atoms with Crippen molar-refractivity contribution in [3.63, 3.8) is 0 Å². The molecule has 14 heavy (non-hydrogen) atoms. The van der Waals surface area contributed by atoms with E-state index in [9.17, 15) is 10.1 Å². The van der Waals surface area contributed by atoms with Crippen LogP contribution in [0.4, 0.5) is 5.69 Å². The highest BCUT2D eigenvalue weighted by atomic mass is 35.5. The van der Waals surface area contributed by atoms with Crippen LogP contribution in [-0.2, 0) is 0 Å². The quantitative estimate of drug-likeness (QED) is 0.551. The number of rotatable bonds is 1. The molecule has 0 N–H and O–H groups in total. The molecular formula is C8H6Cl2N2O2. The molecular weight excluding hydrogens is 227 g/mol. The Hall–Kier alpha value is -1.31. The van der Waals surface area contributed by atoms with Gasteiger partial charge in [-0.1, -0.05) is 23.2 Å². The summed E-state index contributed by atoms with van der Waals surface area (Å²) in [6.45, 7) is 1.43. The number of nitro groups is 1. The summed E-state index contributed by atoms with van der Waals surface area (Å²) in [5.41, 5.74) is -0.129. The Morgan fingerprint density at radius 1 is 1.50 bits per heavy atom. The normalized spacial score (nSPS) is 8.14. The smallest absolute Gasteiger partial charge is 0.258 e. The topological polar surface area (TPSA) is 66.9 Å². The van der Waals surface area contributed by atoms with Crippen LogP contribution < -0.4 is 0 Å². The zero-order valence-corrected chi connectivity index (χ0v) is 8.71. The second kappa shape index (κ2) is 6.19. The van der Waals surface area contributed by atoms with E-state index in [1.54, 1.807) is 6.07 Å². The van der Waals surface area contributed by atoms with Crippen molar-refractivity contribution < 1.29 is 4.92 Å². The fourth-order valence-electron chi connectivity index (χ4n) is 0.629. The number of nitro benzene ring substituents is 1. The van der Waals surface area contributed by atoms with Crippen molar-refractivity contribution in [2.24, 2.45) is 0 Å². The van der Waals surface area contributed by atoms with Gasteiger partial charge in [0.25, 0.3) is 5.69 Å². The third kappa shape index (κ3) is 4.08. The van der Waals surface area contributed by atoms with E-state index >= 15 is 0 Å². The summed E-state index contributed by atoms with van der Waals surface area (Å²) in [7, 11) is 0. The van der Waals surface area contributed by atoms with Crippen LogP contribution in [-0.4, -0.2) is 4.92 Å². The zero-order chi connectivity index (χ0) is 11.1. The Bertz CT molecular complexity index is 374. The molecule has 4 nitrogen and oxygen atoms in total. The fourth-order valence-corrected chi connectivity index (χ4v) is 1.11. The lowest BCUT2D eigenvalue weighted by atomic mass is 10.3. The van der Waals surface area contributed by atoms with Crippen molar-refractivity contribution in [1.82, 2.24) is 0 Å². The molecule has 0 saturated heterocycles. The molecule has 0 bridgehead atoms. The molecule has 0 unspecified atom stereocenters. The molecule has 6 heteroatoms. The number of nitrogens with zero attached hydrogens (tertiary/aromatic N) is 2. The van der Waals surface area contributed by atoms with Crippen molar-refractivity contribution in [2.45, 2.75) is 6.92 Å². The van der Waals surface area contributed by atoms with Crippen LogP contribution in [0, 0.1) is 21.4 Å². The van der Waals surface area contributed by atoms with Gasteiger partial charge in [-0.15, -0.1) is 0 Å². The molecule has 1 aromatic carbocycles. The van der Waals surface area contributed by atoms with Crippen LogP contribution in [0.25, 0.3) is 0 Å². The van der Waals surface area contributed by atoms with E-state index in [2.05, 4.69) is 0 Å². The Labute approximate surface area is 90.8 Å². The summed E-state index contributed by atoms with van der Waals surface area (Å²) >= 11 is 11.0. The summed E-state index contributed by atoms with van der Waals surface area (Å²) in [5, 5.41) is 18.0. The van der Waals surface area contributed by atoms with Gasteiger partial charge in [-0.25, -0.2) is 0 Å². The maximum Gasteiger partial charge on any atom is 0.287 e. The number of hydrogen-bond acceptors (Lipinski definition) is 3. The van der Waals surface area contributed by atoms with Crippen molar-refractivity contribution in [3.05, 3.63) is 38.4 Å². The van der Waals surface area contributed by atoms with Gasteiger partial charge in [0.2, 0.25) is 0 Å². The maximum atomic E-state index is 10.2. The molecule has 1 rings (SSSR count). The van der Waals surface area contributed by atoms with E-state index in [0.29, 0.717) is 5.02 Å². The predicted octanol–water partition coefficient (Wildman–Crippen LogP) is 3.43.